The van der Waals surface area contributed by atoms with E-state index in [9.17, 15) is 4.79 Å². The van der Waals surface area contributed by atoms with Crippen molar-refractivity contribution >= 4 is 29.1 Å². The molecular formula is C13H17Cl2NO3. The number of carbonyl (C=O) groups is 1. The number of hydrogen-bond acceptors (Lipinski definition) is 3. The van der Waals surface area contributed by atoms with Gasteiger partial charge in [-0.2, -0.15) is 0 Å². The second-order valence-electron chi connectivity index (χ2n) is 3.90. The molecule has 0 aliphatic rings. The van der Waals surface area contributed by atoms with Crippen LogP contribution in [0.4, 0.5) is 0 Å². The minimum Gasteiger partial charge on any atom is -0.383 e. The predicted molar refractivity (Wildman–Crippen MR) is 76.1 cm³/mol. The maximum Gasteiger partial charge on any atom is 0.255 e. The molecule has 0 aliphatic carbocycles. The predicted octanol–water partition coefficient (Wildman–Crippen LogP) is 2.73. The number of hydrogen-bond donors (Lipinski definition) is 0. The second-order valence-corrected chi connectivity index (χ2v) is 4.75. The van der Waals surface area contributed by atoms with Crippen LogP contribution in [0.3, 0.4) is 0 Å². The largest absolute Gasteiger partial charge is 0.383 e. The number of carbonyl (C=O) groups excluding carboxylic acids is 1. The monoisotopic (exact) mass is 305 g/mol. The van der Waals surface area contributed by atoms with E-state index >= 15 is 0 Å². The van der Waals surface area contributed by atoms with Gasteiger partial charge in [-0.15, -0.1) is 0 Å². The van der Waals surface area contributed by atoms with E-state index in [1.165, 1.54) is 0 Å². The van der Waals surface area contributed by atoms with Gasteiger partial charge in [-0.1, -0.05) is 23.2 Å². The van der Waals surface area contributed by atoms with E-state index < -0.39 is 0 Å². The SMILES string of the molecule is COCCN(CCOC)C(=O)c1cc(Cl)ccc1Cl. The molecule has 0 N–H and O–H groups in total. The fourth-order valence-electron chi connectivity index (χ4n) is 1.55. The normalized spacial score (nSPS) is 10.5. The van der Waals surface area contributed by atoms with Gasteiger partial charge < -0.3 is 14.4 Å². The molecule has 6 heteroatoms. The fourth-order valence-corrected chi connectivity index (χ4v) is 1.92. The molecule has 0 bridgehead atoms. The quantitative estimate of drug-likeness (QED) is 0.777. The zero-order chi connectivity index (χ0) is 14.3. The molecule has 0 aliphatic heterocycles. The number of methoxy groups -OCH3 is 2. The van der Waals surface area contributed by atoms with Crippen LogP contribution >= 0.6 is 23.2 Å². The van der Waals surface area contributed by atoms with E-state index in [1.807, 2.05) is 0 Å². The number of nitrogens with zero attached hydrogens (tertiary/aromatic N) is 1. The van der Waals surface area contributed by atoms with Crippen molar-refractivity contribution in [3.8, 4) is 0 Å². The number of rotatable bonds is 7. The second kappa shape index (κ2) is 8.38. The van der Waals surface area contributed by atoms with Crippen molar-refractivity contribution < 1.29 is 14.3 Å². The van der Waals surface area contributed by atoms with Gasteiger partial charge in [0.2, 0.25) is 0 Å². The average molecular weight is 306 g/mol. The standard InChI is InChI=1S/C13H17Cl2NO3/c1-18-7-5-16(6-8-19-2)13(17)11-9-10(14)3-4-12(11)15/h3-4,9H,5-8H2,1-2H3. The smallest absolute Gasteiger partial charge is 0.255 e. The number of amides is 1. The van der Waals surface area contributed by atoms with Gasteiger partial charge in [-0.05, 0) is 18.2 Å². The third kappa shape index (κ3) is 4.99. The molecule has 0 atom stereocenters. The van der Waals surface area contributed by atoms with Gasteiger partial charge in [0.05, 0.1) is 23.8 Å². The summed E-state index contributed by atoms with van der Waals surface area (Å²) in [5, 5.41) is 0.861. The molecule has 106 valence electrons. The van der Waals surface area contributed by atoms with Crippen LogP contribution in [0.1, 0.15) is 10.4 Å². The molecule has 1 rings (SSSR count). The summed E-state index contributed by atoms with van der Waals surface area (Å²) >= 11 is 11.9. The molecule has 0 aromatic heterocycles. The molecule has 1 aromatic rings. The third-order valence-corrected chi connectivity index (χ3v) is 3.14. The maximum atomic E-state index is 12.4. The Morgan fingerprint density at radius 2 is 1.74 bits per heavy atom. The lowest BCUT2D eigenvalue weighted by atomic mass is 10.2. The summed E-state index contributed by atoms with van der Waals surface area (Å²) in [5.74, 6) is -0.179. The van der Waals surface area contributed by atoms with Crippen molar-refractivity contribution in [2.24, 2.45) is 0 Å². The Hall–Kier alpha value is -0.810. The summed E-state index contributed by atoms with van der Waals surface area (Å²) in [5.41, 5.74) is 0.390. The van der Waals surface area contributed by atoms with Gasteiger partial charge in [-0.25, -0.2) is 0 Å². The molecule has 19 heavy (non-hydrogen) atoms. The fraction of sp³-hybridized carbons (Fsp3) is 0.462. The lowest BCUT2D eigenvalue weighted by molar-refractivity contribution is 0.0627. The minimum atomic E-state index is -0.179. The molecule has 0 saturated heterocycles. The van der Waals surface area contributed by atoms with E-state index in [-0.39, 0.29) is 5.91 Å². The zero-order valence-corrected chi connectivity index (χ0v) is 12.5. The lowest BCUT2D eigenvalue weighted by Crippen LogP contribution is -2.36. The summed E-state index contributed by atoms with van der Waals surface area (Å²) in [6, 6.07) is 4.83. The van der Waals surface area contributed by atoms with E-state index in [4.69, 9.17) is 32.7 Å². The Morgan fingerprint density at radius 1 is 1.16 bits per heavy atom. The van der Waals surface area contributed by atoms with Gasteiger partial charge >= 0.3 is 0 Å². The highest BCUT2D eigenvalue weighted by molar-refractivity contribution is 6.35. The molecule has 0 spiro atoms. The summed E-state index contributed by atoms with van der Waals surface area (Å²) in [7, 11) is 3.18. The van der Waals surface area contributed by atoms with Crippen LogP contribution < -0.4 is 0 Å². The summed E-state index contributed by atoms with van der Waals surface area (Å²) in [6.07, 6.45) is 0. The van der Waals surface area contributed by atoms with Gasteiger partial charge in [0, 0.05) is 32.3 Å². The first-order valence-corrected chi connectivity index (χ1v) is 6.58. The number of ether oxygens (including phenoxy) is 2. The van der Waals surface area contributed by atoms with E-state index in [0.717, 1.165) is 0 Å². The third-order valence-electron chi connectivity index (χ3n) is 2.58. The molecule has 4 nitrogen and oxygen atoms in total. The Balaban J connectivity index is 2.87. The van der Waals surface area contributed by atoms with Crippen LogP contribution in [0.15, 0.2) is 18.2 Å². The highest BCUT2D eigenvalue weighted by Crippen LogP contribution is 2.22. The van der Waals surface area contributed by atoms with Crippen molar-refractivity contribution in [3.63, 3.8) is 0 Å². The maximum absolute atomic E-state index is 12.4. The molecule has 0 radical (unpaired) electrons. The molecule has 1 aromatic carbocycles. The van der Waals surface area contributed by atoms with Crippen molar-refractivity contribution in [2.75, 3.05) is 40.5 Å². The van der Waals surface area contributed by atoms with Crippen molar-refractivity contribution in [1.82, 2.24) is 4.90 Å². The van der Waals surface area contributed by atoms with Crippen LogP contribution in [-0.4, -0.2) is 51.3 Å². The average Bonchev–Trinajstić information content (AvgIpc) is 2.41. The Kier molecular flexibility index (Phi) is 7.16. The number of benzene rings is 1. The van der Waals surface area contributed by atoms with Gasteiger partial charge in [-0.3, -0.25) is 4.79 Å². The summed E-state index contributed by atoms with van der Waals surface area (Å²) < 4.78 is 10.00. The van der Waals surface area contributed by atoms with Crippen LogP contribution in [0.5, 0.6) is 0 Å². The highest BCUT2D eigenvalue weighted by Gasteiger charge is 2.18. The van der Waals surface area contributed by atoms with Crippen LogP contribution in [-0.2, 0) is 9.47 Å². The van der Waals surface area contributed by atoms with Gasteiger partial charge in [0.25, 0.3) is 5.91 Å². The zero-order valence-electron chi connectivity index (χ0n) is 11.0. The van der Waals surface area contributed by atoms with E-state index in [1.54, 1.807) is 37.3 Å². The lowest BCUT2D eigenvalue weighted by Gasteiger charge is -2.22. The van der Waals surface area contributed by atoms with Gasteiger partial charge in [0.1, 0.15) is 0 Å². The molecule has 0 fully saturated rings. The first kappa shape index (κ1) is 16.2. The first-order chi connectivity index (χ1) is 9.10. The van der Waals surface area contributed by atoms with E-state index in [2.05, 4.69) is 0 Å². The molecular weight excluding hydrogens is 289 g/mol. The summed E-state index contributed by atoms with van der Waals surface area (Å²) in [4.78, 5) is 14.0. The van der Waals surface area contributed by atoms with Gasteiger partial charge in [0.15, 0.2) is 0 Å². The Labute approximate surface area is 123 Å². The topological polar surface area (TPSA) is 38.8 Å². The molecule has 0 unspecified atom stereocenters. The number of halogens is 2. The minimum absolute atomic E-state index is 0.179. The molecule has 0 saturated carbocycles. The Morgan fingerprint density at radius 3 is 2.26 bits per heavy atom. The van der Waals surface area contributed by atoms with Crippen molar-refractivity contribution in [3.05, 3.63) is 33.8 Å². The molecule has 0 heterocycles. The van der Waals surface area contributed by atoms with Crippen LogP contribution in [0, 0.1) is 0 Å². The van der Waals surface area contributed by atoms with Crippen LogP contribution in [0.25, 0.3) is 0 Å². The Bertz CT molecular complexity index is 418. The van der Waals surface area contributed by atoms with E-state index in [0.29, 0.717) is 41.9 Å². The van der Waals surface area contributed by atoms with Crippen molar-refractivity contribution in [1.29, 1.82) is 0 Å². The highest BCUT2D eigenvalue weighted by atomic mass is 35.5. The molecule has 1 amide bonds. The van der Waals surface area contributed by atoms with Crippen LogP contribution in [0.2, 0.25) is 10.0 Å². The first-order valence-electron chi connectivity index (χ1n) is 5.82. The summed E-state index contributed by atoms with van der Waals surface area (Å²) in [6.45, 7) is 1.85. The van der Waals surface area contributed by atoms with Crippen molar-refractivity contribution in [2.45, 2.75) is 0 Å².